The maximum Gasteiger partial charge on any atom is 0.416 e. The SMILES string of the molecule is Cc1c(C(F)(F)F)cc(C(C)C)c(O)c1Cl. The van der Waals surface area contributed by atoms with E-state index >= 15 is 0 Å². The van der Waals surface area contributed by atoms with Crippen LogP contribution in [0.1, 0.15) is 36.5 Å². The van der Waals surface area contributed by atoms with Crippen molar-refractivity contribution >= 4 is 11.6 Å². The van der Waals surface area contributed by atoms with Gasteiger partial charge in [0.2, 0.25) is 0 Å². The van der Waals surface area contributed by atoms with E-state index in [4.69, 9.17) is 11.6 Å². The zero-order valence-corrected chi connectivity index (χ0v) is 9.87. The minimum Gasteiger partial charge on any atom is -0.506 e. The first-order chi connectivity index (χ1) is 7.16. The molecular formula is C11H12ClF3O. The highest BCUT2D eigenvalue weighted by Gasteiger charge is 2.35. The molecule has 0 aromatic heterocycles. The van der Waals surface area contributed by atoms with Gasteiger partial charge in [0.05, 0.1) is 10.6 Å². The number of aromatic hydroxyl groups is 1. The molecular weight excluding hydrogens is 241 g/mol. The molecule has 1 N–H and O–H groups in total. The van der Waals surface area contributed by atoms with E-state index in [1.54, 1.807) is 13.8 Å². The Morgan fingerprint density at radius 2 is 1.81 bits per heavy atom. The number of hydrogen-bond acceptors (Lipinski definition) is 1. The Labute approximate surface area is 96.9 Å². The Morgan fingerprint density at radius 3 is 2.19 bits per heavy atom. The zero-order valence-electron chi connectivity index (χ0n) is 9.11. The fourth-order valence-electron chi connectivity index (χ4n) is 1.49. The number of alkyl halides is 3. The summed E-state index contributed by atoms with van der Waals surface area (Å²) in [6.45, 7) is 4.64. The van der Waals surface area contributed by atoms with Crippen LogP contribution < -0.4 is 0 Å². The third-order valence-electron chi connectivity index (χ3n) is 2.44. The molecule has 0 spiro atoms. The summed E-state index contributed by atoms with van der Waals surface area (Å²) in [6.07, 6.45) is -4.45. The van der Waals surface area contributed by atoms with E-state index in [0.717, 1.165) is 6.07 Å². The summed E-state index contributed by atoms with van der Waals surface area (Å²) in [5.41, 5.74) is -0.724. The van der Waals surface area contributed by atoms with Gasteiger partial charge in [-0.15, -0.1) is 0 Å². The molecule has 0 atom stereocenters. The van der Waals surface area contributed by atoms with Gasteiger partial charge in [-0.25, -0.2) is 0 Å². The summed E-state index contributed by atoms with van der Waals surface area (Å²) >= 11 is 5.69. The average molecular weight is 253 g/mol. The van der Waals surface area contributed by atoms with Crippen LogP contribution in [-0.4, -0.2) is 5.11 Å². The Balaban J connectivity index is 3.54. The van der Waals surface area contributed by atoms with Gasteiger partial charge in [-0.05, 0) is 30.0 Å². The highest BCUT2D eigenvalue weighted by molar-refractivity contribution is 6.33. The number of rotatable bonds is 1. The van der Waals surface area contributed by atoms with E-state index in [9.17, 15) is 18.3 Å². The zero-order chi connectivity index (χ0) is 12.7. The lowest BCUT2D eigenvalue weighted by atomic mass is 9.96. The van der Waals surface area contributed by atoms with Crippen LogP contribution in [0.3, 0.4) is 0 Å². The monoisotopic (exact) mass is 252 g/mol. The van der Waals surface area contributed by atoms with E-state index in [-0.39, 0.29) is 27.8 Å². The topological polar surface area (TPSA) is 20.2 Å². The maximum atomic E-state index is 12.7. The van der Waals surface area contributed by atoms with Gasteiger partial charge in [-0.2, -0.15) is 13.2 Å². The molecule has 1 rings (SSSR count). The van der Waals surface area contributed by atoms with Crippen molar-refractivity contribution in [1.82, 2.24) is 0 Å². The van der Waals surface area contributed by atoms with Crippen molar-refractivity contribution in [2.24, 2.45) is 0 Å². The molecule has 0 aliphatic heterocycles. The quantitative estimate of drug-likeness (QED) is 0.780. The Bertz CT molecular complexity index is 411. The van der Waals surface area contributed by atoms with Gasteiger partial charge in [0.15, 0.2) is 0 Å². The van der Waals surface area contributed by atoms with Crippen LogP contribution in [-0.2, 0) is 6.18 Å². The van der Waals surface area contributed by atoms with Crippen molar-refractivity contribution < 1.29 is 18.3 Å². The summed E-state index contributed by atoms with van der Waals surface area (Å²) in [5.74, 6) is -0.485. The Morgan fingerprint density at radius 1 is 1.31 bits per heavy atom. The van der Waals surface area contributed by atoms with Gasteiger partial charge in [0, 0.05) is 0 Å². The fourth-order valence-corrected chi connectivity index (χ4v) is 1.70. The molecule has 1 aromatic rings. The van der Waals surface area contributed by atoms with Crippen molar-refractivity contribution in [3.05, 3.63) is 27.8 Å². The van der Waals surface area contributed by atoms with E-state index < -0.39 is 11.7 Å². The van der Waals surface area contributed by atoms with Crippen LogP contribution in [0.2, 0.25) is 5.02 Å². The molecule has 5 heteroatoms. The average Bonchev–Trinajstić information content (AvgIpc) is 2.11. The van der Waals surface area contributed by atoms with Crippen LogP contribution in [0.15, 0.2) is 6.07 Å². The minimum atomic E-state index is -4.45. The first-order valence-electron chi connectivity index (χ1n) is 4.75. The first kappa shape index (κ1) is 13.2. The second kappa shape index (κ2) is 4.17. The summed E-state index contributed by atoms with van der Waals surface area (Å²) < 4.78 is 38.0. The lowest BCUT2D eigenvalue weighted by molar-refractivity contribution is -0.138. The van der Waals surface area contributed by atoms with Crippen molar-refractivity contribution in [2.75, 3.05) is 0 Å². The summed E-state index contributed by atoms with van der Waals surface area (Å²) in [6, 6.07) is 0.960. The first-order valence-corrected chi connectivity index (χ1v) is 5.13. The number of hydrogen-bond donors (Lipinski definition) is 1. The fraction of sp³-hybridized carbons (Fsp3) is 0.455. The molecule has 0 unspecified atom stereocenters. The van der Waals surface area contributed by atoms with Gasteiger partial charge in [0.1, 0.15) is 5.75 Å². The number of halogens is 4. The van der Waals surface area contributed by atoms with E-state index in [1.807, 2.05) is 0 Å². The third-order valence-corrected chi connectivity index (χ3v) is 2.90. The minimum absolute atomic E-state index is 0.143. The van der Waals surface area contributed by atoms with Crippen molar-refractivity contribution in [3.63, 3.8) is 0 Å². The summed E-state index contributed by atoms with van der Waals surface area (Å²) in [7, 11) is 0. The van der Waals surface area contributed by atoms with Crippen LogP contribution in [0.5, 0.6) is 5.75 Å². The molecule has 1 nitrogen and oxygen atoms in total. The molecule has 0 fully saturated rings. The molecule has 0 aliphatic rings. The lowest BCUT2D eigenvalue weighted by Gasteiger charge is -2.17. The molecule has 1 aromatic carbocycles. The molecule has 0 radical (unpaired) electrons. The molecule has 0 amide bonds. The van der Waals surface area contributed by atoms with Gasteiger partial charge < -0.3 is 5.11 Å². The normalized spacial score (nSPS) is 12.2. The van der Waals surface area contributed by atoms with Gasteiger partial charge in [-0.1, -0.05) is 25.4 Å². The number of phenolic OH excluding ortho intramolecular Hbond substituents is 1. The van der Waals surface area contributed by atoms with Gasteiger partial charge >= 0.3 is 6.18 Å². The second-order valence-corrected chi connectivity index (χ2v) is 4.33. The highest BCUT2D eigenvalue weighted by Crippen LogP contribution is 2.42. The van der Waals surface area contributed by atoms with Crippen molar-refractivity contribution in [3.8, 4) is 5.75 Å². The molecule has 16 heavy (non-hydrogen) atoms. The van der Waals surface area contributed by atoms with Crippen molar-refractivity contribution in [1.29, 1.82) is 0 Å². The largest absolute Gasteiger partial charge is 0.506 e. The highest BCUT2D eigenvalue weighted by atomic mass is 35.5. The van der Waals surface area contributed by atoms with E-state index in [0.29, 0.717) is 0 Å². The molecule has 0 saturated heterocycles. The lowest BCUT2D eigenvalue weighted by Crippen LogP contribution is -2.09. The Kier molecular flexibility index (Phi) is 3.43. The van der Waals surface area contributed by atoms with Gasteiger partial charge in [0.25, 0.3) is 0 Å². The molecule has 0 aliphatic carbocycles. The third kappa shape index (κ3) is 2.26. The van der Waals surface area contributed by atoms with Crippen molar-refractivity contribution in [2.45, 2.75) is 32.9 Å². The predicted octanol–water partition coefficient (Wildman–Crippen LogP) is 4.50. The summed E-state index contributed by atoms with van der Waals surface area (Å²) in [5, 5.41) is 9.42. The summed E-state index contributed by atoms with van der Waals surface area (Å²) in [4.78, 5) is 0. The molecule has 0 saturated carbocycles. The van der Waals surface area contributed by atoms with Gasteiger partial charge in [-0.3, -0.25) is 0 Å². The van der Waals surface area contributed by atoms with E-state index in [1.165, 1.54) is 6.92 Å². The molecule has 0 bridgehead atoms. The van der Waals surface area contributed by atoms with Crippen LogP contribution >= 0.6 is 11.6 Å². The standard InChI is InChI=1S/C11H12ClF3O/c1-5(2)7-4-8(11(13,14)15)6(3)9(12)10(7)16/h4-5,16H,1-3H3. The maximum absolute atomic E-state index is 12.7. The molecule has 0 heterocycles. The van der Waals surface area contributed by atoms with Crippen LogP contribution in [0.4, 0.5) is 13.2 Å². The van der Waals surface area contributed by atoms with E-state index in [2.05, 4.69) is 0 Å². The van der Waals surface area contributed by atoms with Crippen LogP contribution in [0.25, 0.3) is 0 Å². The second-order valence-electron chi connectivity index (χ2n) is 3.95. The Hall–Kier alpha value is -0.900. The molecule has 90 valence electrons. The number of benzene rings is 1. The number of phenols is 1. The predicted molar refractivity (Wildman–Crippen MR) is 56.9 cm³/mol. The van der Waals surface area contributed by atoms with Crippen LogP contribution in [0, 0.1) is 6.92 Å². The smallest absolute Gasteiger partial charge is 0.416 e.